The first kappa shape index (κ1) is 13.5. The van der Waals surface area contributed by atoms with Gasteiger partial charge in [-0.3, -0.25) is 9.36 Å². The minimum atomic E-state index is -0.00642. The molecule has 0 saturated carbocycles. The van der Waals surface area contributed by atoms with E-state index in [-0.39, 0.29) is 5.91 Å². The maximum atomic E-state index is 12.6. The first-order chi connectivity index (χ1) is 11.3. The zero-order chi connectivity index (χ0) is 15.6. The monoisotopic (exact) mass is 297 g/mol. The number of hydrogen-bond donors (Lipinski definition) is 0. The van der Waals surface area contributed by atoms with Crippen LogP contribution >= 0.6 is 0 Å². The SMILES string of the molecule is O=C(c1ccccc1)n1ccc2cc(-c3ccccc3)ccc21. The van der Waals surface area contributed by atoms with Gasteiger partial charge in [0.15, 0.2) is 0 Å². The topological polar surface area (TPSA) is 22.0 Å². The average Bonchev–Trinajstić information content (AvgIpc) is 3.05. The smallest absolute Gasteiger partial charge is 0.262 e. The molecule has 3 aromatic carbocycles. The van der Waals surface area contributed by atoms with Crippen LogP contribution in [0.1, 0.15) is 10.4 Å². The van der Waals surface area contributed by atoms with Crippen molar-refractivity contribution in [2.45, 2.75) is 0 Å². The third-order valence-electron chi connectivity index (χ3n) is 4.04. The Morgan fingerprint density at radius 1 is 0.696 bits per heavy atom. The van der Waals surface area contributed by atoms with E-state index in [1.807, 2.05) is 66.9 Å². The highest BCUT2D eigenvalue weighted by Crippen LogP contribution is 2.25. The molecule has 0 aliphatic carbocycles. The maximum Gasteiger partial charge on any atom is 0.262 e. The molecule has 0 aliphatic rings. The van der Waals surface area contributed by atoms with Crippen molar-refractivity contribution in [3.05, 3.63) is 96.7 Å². The van der Waals surface area contributed by atoms with E-state index >= 15 is 0 Å². The van der Waals surface area contributed by atoms with E-state index in [0.717, 1.165) is 16.5 Å². The number of fused-ring (bicyclic) bond motifs is 1. The molecule has 2 heteroatoms. The molecule has 2 nitrogen and oxygen atoms in total. The van der Waals surface area contributed by atoms with Gasteiger partial charge in [0.2, 0.25) is 0 Å². The number of carbonyl (C=O) groups excluding carboxylic acids is 1. The first-order valence-electron chi connectivity index (χ1n) is 7.59. The average molecular weight is 297 g/mol. The largest absolute Gasteiger partial charge is 0.283 e. The molecular weight excluding hydrogens is 282 g/mol. The van der Waals surface area contributed by atoms with E-state index in [0.29, 0.717) is 5.56 Å². The highest BCUT2D eigenvalue weighted by Gasteiger charge is 2.11. The summed E-state index contributed by atoms with van der Waals surface area (Å²) in [7, 11) is 0. The third kappa shape index (κ3) is 2.44. The van der Waals surface area contributed by atoms with E-state index in [2.05, 4.69) is 24.3 Å². The Bertz CT molecular complexity index is 969. The van der Waals surface area contributed by atoms with Crippen LogP contribution in [0, 0.1) is 0 Å². The van der Waals surface area contributed by atoms with Gasteiger partial charge in [0.25, 0.3) is 5.91 Å². The van der Waals surface area contributed by atoms with E-state index in [1.54, 1.807) is 4.57 Å². The summed E-state index contributed by atoms with van der Waals surface area (Å²) in [6.45, 7) is 0. The number of benzene rings is 3. The van der Waals surface area contributed by atoms with Gasteiger partial charge in [0.1, 0.15) is 0 Å². The van der Waals surface area contributed by atoms with Crippen LogP contribution in [0.3, 0.4) is 0 Å². The summed E-state index contributed by atoms with van der Waals surface area (Å²) in [5, 5.41) is 1.07. The Morgan fingerprint density at radius 3 is 2.13 bits per heavy atom. The van der Waals surface area contributed by atoms with E-state index in [1.165, 1.54) is 5.56 Å². The van der Waals surface area contributed by atoms with Crippen LogP contribution in [-0.2, 0) is 0 Å². The van der Waals surface area contributed by atoms with Crippen molar-refractivity contribution in [3.63, 3.8) is 0 Å². The number of aromatic nitrogens is 1. The minimum absolute atomic E-state index is 0.00642. The van der Waals surface area contributed by atoms with Crippen molar-refractivity contribution >= 4 is 16.8 Å². The van der Waals surface area contributed by atoms with Gasteiger partial charge in [0.05, 0.1) is 5.52 Å². The van der Waals surface area contributed by atoms with Crippen molar-refractivity contribution in [2.75, 3.05) is 0 Å². The molecule has 0 amide bonds. The quantitative estimate of drug-likeness (QED) is 0.510. The van der Waals surface area contributed by atoms with Gasteiger partial charge in [-0.1, -0.05) is 54.6 Å². The molecule has 4 aromatic rings. The van der Waals surface area contributed by atoms with Gasteiger partial charge in [-0.25, -0.2) is 0 Å². The Morgan fingerprint density at radius 2 is 1.39 bits per heavy atom. The van der Waals surface area contributed by atoms with Crippen LogP contribution in [0.4, 0.5) is 0 Å². The summed E-state index contributed by atoms with van der Waals surface area (Å²) in [5.74, 6) is -0.00642. The van der Waals surface area contributed by atoms with Gasteiger partial charge in [-0.05, 0) is 41.5 Å². The second-order valence-electron chi connectivity index (χ2n) is 5.50. The van der Waals surface area contributed by atoms with Crippen LogP contribution < -0.4 is 0 Å². The van der Waals surface area contributed by atoms with E-state index in [4.69, 9.17) is 0 Å². The second-order valence-corrected chi connectivity index (χ2v) is 5.50. The predicted molar refractivity (Wildman–Crippen MR) is 93.5 cm³/mol. The molecule has 0 spiro atoms. The highest BCUT2D eigenvalue weighted by atomic mass is 16.2. The first-order valence-corrected chi connectivity index (χ1v) is 7.59. The lowest BCUT2D eigenvalue weighted by atomic mass is 10.0. The molecule has 0 saturated heterocycles. The Kier molecular flexibility index (Phi) is 3.28. The number of carbonyl (C=O) groups is 1. The van der Waals surface area contributed by atoms with E-state index < -0.39 is 0 Å². The van der Waals surface area contributed by atoms with Crippen molar-refractivity contribution < 1.29 is 4.79 Å². The van der Waals surface area contributed by atoms with Crippen LogP contribution in [0.25, 0.3) is 22.0 Å². The van der Waals surface area contributed by atoms with Gasteiger partial charge in [-0.15, -0.1) is 0 Å². The van der Waals surface area contributed by atoms with Gasteiger partial charge >= 0.3 is 0 Å². The van der Waals surface area contributed by atoms with Gasteiger partial charge in [0, 0.05) is 17.1 Å². The Labute approximate surface area is 134 Å². The fourth-order valence-electron chi connectivity index (χ4n) is 2.85. The summed E-state index contributed by atoms with van der Waals surface area (Å²) in [6.07, 6.45) is 1.84. The van der Waals surface area contributed by atoms with Crippen molar-refractivity contribution in [3.8, 4) is 11.1 Å². The number of rotatable bonds is 2. The molecular formula is C21H15NO. The molecule has 23 heavy (non-hydrogen) atoms. The van der Waals surface area contributed by atoms with Crippen molar-refractivity contribution in [2.24, 2.45) is 0 Å². The predicted octanol–water partition coefficient (Wildman–Crippen LogP) is 5.00. The van der Waals surface area contributed by atoms with Crippen molar-refractivity contribution in [1.82, 2.24) is 4.57 Å². The van der Waals surface area contributed by atoms with Crippen LogP contribution in [0.15, 0.2) is 91.1 Å². The standard InChI is InChI=1S/C21H15NO/c23-21(17-9-5-2-6-10-17)22-14-13-19-15-18(11-12-20(19)22)16-7-3-1-4-8-16/h1-15H. The fourth-order valence-corrected chi connectivity index (χ4v) is 2.85. The third-order valence-corrected chi connectivity index (χ3v) is 4.04. The van der Waals surface area contributed by atoms with Crippen molar-refractivity contribution in [1.29, 1.82) is 0 Å². The Hall–Kier alpha value is -3.13. The molecule has 110 valence electrons. The lowest BCUT2D eigenvalue weighted by molar-refractivity contribution is 0.0965. The molecule has 1 heterocycles. The molecule has 1 aromatic heterocycles. The van der Waals surface area contributed by atoms with Crippen LogP contribution in [-0.4, -0.2) is 10.5 Å². The fraction of sp³-hybridized carbons (Fsp3) is 0. The molecule has 0 aliphatic heterocycles. The molecule has 0 N–H and O–H groups in total. The molecule has 0 atom stereocenters. The Balaban J connectivity index is 1.78. The van der Waals surface area contributed by atoms with Gasteiger partial charge in [-0.2, -0.15) is 0 Å². The summed E-state index contributed by atoms with van der Waals surface area (Å²) in [6, 6.07) is 27.8. The lowest BCUT2D eigenvalue weighted by Gasteiger charge is -2.06. The summed E-state index contributed by atoms with van der Waals surface area (Å²) < 4.78 is 1.71. The molecule has 0 bridgehead atoms. The lowest BCUT2D eigenvalue weighted by Crippen LogP contribution is -2.10. The minimum Gasteiger partial charge on any atom is -0.283 e. The maximum absolute atomic E-state index is 12.6. The summed E-state index contributed by atoms with van der Waals surface area (Å²) in [4.78, 5) is 12.6. The molecule has 0 radical (unpaired) electrons. The zero-order valence-electron chi connectivity index (χ0n) is 12.5. The summed E-state index contributed by atoms with van der Waals surface area (Å²) >= 11 is 0. The highest BCUT2D eigenvalue weighted by molar-refractivity contribution is 6.02. The second kappa shape index (κ2) is 5.58. The number of nitrogens with zero attached hydrogens (tertiary/aromatic N) is 1. The molecule has 4 rings (SSSR count). The molecule has 0 fully saturated rings. The van der Waals surface area contributed by atoms with E-state index in [9.17, 15) is 4.79 Å². The molecule has 0 unspecified atom stereocenters. The zero-order valence-corrected chi connectivity index (χ0v) is 12.5. The van der Waals surface area contributed by atoms with Gasteiger partial charge < -0.3 is 0 Å². The summed E-state index contributed by atoms with van der Waals surface area (Å²) in [5.41, 5.74) is 3.95. The normalized spacial score (nSPS) is 10.8. The van der Waals surface area contributed by atoms with Crippen LogP contribution in [0.2, 0.25) is 0 Å². The van der Waals surface area contributed by atoms with Crippen LogP contribution in [0.5, 0.6) is 0 Å². The number of hydrogen-bond acceptors (Lipinski definition) is 1.